The molecule has 0 spiro atoms. The maximum Gasteiger partial charge on any atom is 0.0468 e. The number of allylic oxidation sites excluding steroid dienone is 1. The molecule has 2 aliphatic carbocycles. The molecule has 17 heavy (non-hydrogen) atoms. The van der Waals surface area contributed by atoms with Crippen molar-refractivity contribution in [1.82, 2.24) is 0 Å². The SMILES string of the molecule is CC1=C(CCO)[C@@]2(C)CCCC(C)(C)[C@@H]2CC1. The molecule has 1 N–H and O–H groups in total. The van der Waals surface area contributed by atoms with Crippen LogP contribution in [-0.4, -0.2) is 11.7 Å². The molecule has 1 saturated carbocycles. The quantitative estimate of drug-likeness (QED) is 0.708. The van der Waals surface area contributed by atoms with Gasteiger partial charge < -0.3 is 5.11 Å². The summed E-state index contributed by atoms with van der Waals surface area (Å²) >= 11 is 0. The van der Waals surface area contributed by atoms with Gasteiger partial charge in [-0.15, -0.1) is 0 Å². The number of aliphatic hydroxyl groups is 1. The van der Waals surface area contributed by atoms with E-state index in [9.17, 15) is 5.11 Å². The summed E-state index contributed by atoms with van der Waals surface area (Å²) in [6.45, 7) is 9.97. The first-order valence-electron chi connectivity index (χ1n) is 7.22. The van der Waals surface area contributed by atoms with Crippen molar-refractivity contribution in [2.24, 2.45) is 16.7 Å². The maximum absolute atomic E-state index is 9.34. The van der Waals surface area contributed by atoms with E-state index in [0.29, 0.717) is 17.4 Å². The summed E-state index contributed by atoms with van der Waals surface area (Å²) in [5.74, 6) is 0.814. The Bertz CT molecular complexity index is 326. The molecule has 0 unspecified atom stereocenters. The summed E-state index contributed by atoms with van der Waals surface area (Å²) in [6, 6.07) is 0. The van der Waals surface area contributed by atoms with E-state index in [0.717, 1.165) is 12.3 Å². The molecule has 0 aliphatic heterocycles. The zero-order valence-corrected chi connectivity index (χ0v) is 12.0. The molecule has 2 aliphatic rings. The van der Waals surface area contributed by atoms with Crippen LogP contribution in [0.4, 0.5) is 0 Å². The molecule has 1 fully saturated rings. The van der Waals surface area contributed by atoms with Crippen LogP contribution in [0, 0.1) is 16.7 Å². The third-order valence-corrected chi connectivity index (χ3v) is 5.60. The summed E-state index contributed by atoms with van der Waals surface area (Å²) in [7, 11) is 0. The molecule has 2 rings (SSSR count). The lowest BCUT2D eigenvalue weighted by molar-refractivity contribution is 0.00900. The highest BCUT2D eigenvalue weighted by molar-refractivity contribution is 5.27. The Morgan fingerprint density at radius 3 is 2.59 bits per heavy atom. The fourth-order valence-corrected chi connectivity index (χ4v) is 4.80. The average molecular weight is 236 g/mol. The number of fused-ring (bicyclic) bond motifs is 1. The second-order valence-electron chi connectivity index (χ2n) is 7.08. The van der Waals surface area contributed by atoms with Gasteiger partial charge in [0, 0.05) is 6.61 Å². The summed E-state index contributed by atoms with van der Waals surface area (Å²) in [4.78, 5) is 0. The highest BCUT2D eigenvalue weighted by Gasteiger charge is 2.49. The molecule has 98 valence electrons. The van der Waals surface area contributed by atoms with E-state index in [1.165, 1.54) is 32.1 Å². The Morgan fingerprint density at radius 1 is 1.24 bits per heavy atom. The lowest BCUT2D eigenvalue weighted by Crippen LogP contribution is -2.45. The second-order valence-corrected chi connectivity index (χ2v) is 7.08. The van der Waals surface area contributed by atoms with E-state index >= 15 is 0 Å². The summed E-state index contributed by atoms with van der Waals surface area (Å²) in [5, 5.41) is 9.34. The van der Waals surface area contributed by atoms with Crippen LogP contribution < -0.4 is 0 Å². The van der Waals surface area contributed by atoms with Crippen LogP contribution >= 0.6 is 0 Å². The van der Waals surface area contributed by atoms with Crippen molar-refractivity contribution in [3.8, 4) is 0 Å². The van der Waals surface area contributed by atoms with Gasteiger partial charge in [-0.25, -0.2) is 0 Å². The predicted molar refractivity (Wildman–Crippen MR) is 72.9 cm³/mol. The van der Waals surface area contributed by atoms with Crippen molar-refractivity contribution in [3.05, 3.63) is 11.1 Å². The molecule has 0 heterocycles. The van der Waals surface area contributed by atoms with Crippen LogP contribution in [0.1, 0.15) is 66.2 Å². The number of hydrogen-bond donors (Lipinski definition) is 1. The van der Waals surface area contributed by atoms with Crippen molar-refractivity contribution >= 4 is 0 Å². The lowest BCUT2D eigenvalue weighted by atomic mass is 9.50. The topological polar surface area (TPSA) is 20.2 Å². The van der Waals surface area contributed by atoms with Gasteiger partial charge in [0.1, 0.15) is 0 Å². The van der Waals surface area contributed by atoms with E-state index in [4.69, 9.17) is 0 Å². The standard InChI is InChI=1S/C16H28O/c1-12-6-7-14-15(2,3)9-5-10-16(14,4)13(12)8-11-17/h14,17H,5-11H2,1-4H3/t14-,16+/m0/s1. The van der Waals surface area contributed by atoms with Gasteiger partial charge in [0.05, 0.1) is 0 Å². The zero-order chi connectivity index (χ0) is 12.7. The second kappa shape index (κ2) is 4.42. The van der Waals surface area contributed by atoms with Gasteiger partial charge in [-0.05, 0) is 55.8 Å². The van der Waals surface area contributed by atoms with Crippen molar-refractivity contribution < 1.29 is 5.11 Å². The molecular formula is C16H28O. The van der Waals surface area contributed by atoms with Gasteiger partial charge in [-0.3, -0.25) is 0 Å². The first-order chi connectivity index (χ1) is 7.92. The molecule has 1 heteroatoms. The first kappa shape index (κ1) is 13.1. The Hall–Kier alpha value is -0.300. The van der Waals surface area contributed by atoms with Crippen molar-refractivity contribution in [3.63, 3.8) is 0 Å². The van der Waals surface area contributed by atoms with Crippen LogP contribution in [0.3, 0.4) is 0 Å². The number of hydrogen-bond acceptors (Lipinski definition) is 1. The minimum Gasteiger partial charge on any atom is -0.396 e. The average Bonchev–Trinajstić information content (AvgIpc) is 2.22. The lowest BCUT2D eigenvalue weighted by Gasteiger charge is -2.55. The fraction of sp³-hybridized carbons (Fsp3) is 0.875. The maximum atomic E-state index is 9.34. The Balaban J connectivity index is 2.39. The number of aliphatic hydroxyl groups excluding tert-OH is 1. The zero-order valence-electron chi connectivity index (χ0n) is 12.0. The van der Waals surface area contributed by atoms with Crippen LogP contribution in [0.5, 0.6) is 0 Å². The van der Waals surface area contributed by atoms with Gasteiger partial charge in [0.2, 0.25) is 0 Å². The molecule has 0 amide bonds. The fourth-order valence-electron chi connectivity index (χ4n) is 4.80. The summed E-state index contributed by atoms with van der Waals surface area (Å²) < 4.78 is 0. The Morgan fingerprint density at radius 2 is 1.94 bits per heavy atom. The van der Waals surface area contributed by atoms with E-state index < -0.39 is 0 Å². The van der Waals surface area contributed by atoms with E-state index in [2.05, 4.69) is 27.7 Å². The van der Waals surface area contributed by atoms with Gasteiger partial charge in [-0.1, -0.05) is 38.3 Å². The van der Waals surface area contributed by atoms with Crippen LogP contribution in [0.25, 0.3) is 0 Å². The van der Waals surface area contributed by atoms with E-state index in [1.807, 2.05) is 0 Å². The molecule has 0 aromatic rings. The highest BCUT2D eigenvalue weighted by Crippen LogP contribution is 2.59. The van der Waals surface area contributed by atoms with Gasteiger partial charge in [-0.2, -0.15) is 0 Å². The monoisotopic (exact) mass is 236 g/mol. The molecule has 0 aromatic carbocycles. The normalized spacial score (nSPS) is 36.9. The van der Waals surface area contributed by atoms with Crippen molar-refractivity contribution in [2.45, 2.75) is 66.2 Å². The van der Waals surface area contributed by atoms with Gasteiger partial charge in [0.25, 0.3) is 0 Å². The minimum atomic E-state index is 0.315. The minimum absolute atomic E-state index is 0.315. The van der Waals surface area contributed by atoms with Crippen LogP contribution in [-0.2, 0) is 0 Å². The van der Waals surface area contributed by atoms with Gasteiger partial charge in [0.15, 0.2) is 0 Å². The van der Waals surface area contributed by atoms with Gasteiger partial charge >= 0.3 is 0 Å². The summed E-state index contributed by atoms with van der Waals surface area (Å²) in [5.41, 5.74) is 4.00. The molecule has 1 nitrogen and oxygen atoms in total. The van der Waals surface area contributed by atoms with Crippen molar-refractivity contribution in [1.29, 1.82) is 0 Å². The molecule has 2 atom stereocenters. The third kappa shape index (κ3) is 2.07. The smallest absolute Gasteiger partial charge is 0.0468 e. The largest absolute Gasteiger partial charge is 0.396 e. The molecule has 0 bridgehead atoms. The summed E-state index contributed by atoms with van der Waals surface area (Å²) in [6.07, 6.45) is 7.55. The third-order valence-electron chi connectivity index (χ3n) is 5.60. The molecule has 0 aromatic heterocycles. The van der Waals surface area contributed by atoms with Crippen LogP contribution in [0.15, 0.2) is 11.1 Å². The molecule has 0 saturated heterocycles. The van der Waals surface area contributed by atoms with Crippen LogP contribution in [0.2, 0.25) is 0 Å². The van der Waals surface area contributed by atoms with Crippen molar-refractivity contribution in [2.75, 3.05) is 6.61 Å². The number of rotatable bonds is 2. The van der Waals surface area contributed by atoms with E-state index in [1.54, 1.807) is 11.1 Å². The van der Waals surface area contributed by atoms with E-state index in [-0.39, 0.29) is 0 Å². The Kier molecular flexibility index (Phi) is 3.42. The predicted octanol–water partition coefficient (Wildman–Crippen LogP) is 4.31. The Labute approximate surface area is 106 Å². The molecular weight excluding hydrogens is 208 g/mol. The molecule has 0 radical (unpaired) electrons. The highest BCUT2D eigenvalue weighted by atomic mass is 16.3. The first-order valence-corrected chi connectivity index (χ1v) is 7.22.